The third-order valence-corrected chi connectivity index (χ3v) is 5.83. The molecular weight excluding hydrogens is 440 g/mol. The van der Waals surface area contributed by atoms with Gasteiger partial charge in [-0.15, -0.1) is 0 Å². The summed E-state index contributed by atoms with van der Waals surface area (Å²) in [6, 6.07) is 13.1. The second kappa shape index (κ2) is 9.40. The molecule has 0 radical (unpaired) electrons. The molecule has 2 aromatic carbocycles. The van der Waals surface area contributed by atoms with Gasteiger partial charge in [0.25, 0.3) is 0 Å². The van der Waals surface area contributed by atoms with Gasteiger partial charge in [-0.3, -0.25) is 15.0 Å². The van der Waals surface area contributed by atoms with E-state index in [1.165, 1.54) is 6.33 Å². The summed E-state index contributed by atoms with van der Waals surface area (Å²) in [6.07, 6.45) is 1.35. The quantitative estimate of drug-likeness (QED) is 0.413. The monoisotopic (exact) mass is 464 g/mol. The van der Waals surface area contributed by atoms with Gasteiger partial charge in [-0.2, -0.15) is 0 Å². The number of fused-ring (bicyclic) bond motifs is 1. The summed E-state index contributed by atoms with van der Waals surface area (Å²) in [5.74, 6) is 2.63. The Labute approximate surface area is 196 Å². The third kappa shape index (κ3) is 4.50. The highest BCUT2D eigenvalue weighted by molar-refractivity contribution is 5.74. The molecule has 0 aliphatic carbocycles. The van der Waals surface area contributed by atoms with E-state index in [1.54, 1.807) is 31.4 Å². The van der Waals surface area contributed by atoms with Crippen LogP contribution in [0.2, 0.25) is 0 Å². The molecule has 0 amide bonds. The maximum Gasteiger partial charge on any atom is 0.353 e. The molecule has 3 aromatic rings. The van der Waals surface area contributed by atoms with E-state index in [1.807, 2.05) is 23.1 Å². The predicted octanol–water partition coefficient (Wildman–Crippen LogP) is 3.19. The number of ether oxygens (including phenoxy) is 3. The molecule has 0 saturated carbocycles. The van der Waals surface area contributed by atoms with Gasteiger partial charge >= 0.3 is 5.69 Å². The van der Waals surface area contributed by atoms with E-state index in [0.29, 0.717) is 30.3 Å². The van der Waals surface area contributed by atoms with Crippen molar-refractivity contribution in [2.24, 2.45) is 0 Å². The summed E-state index contributed by atoms with van der Waals surface area (Å²) >= 11 is 0. The maximum absolute atomic E-state index is 12.0. The van der Waals surface area contributed by atoms with Gasteiger partial charge in [0, 0.05) is 44.5 Å². The van der Waals surface area contributed by atoms with Crippen molar-refractivity contribution in [3.8, 4) is 17.2 Å². The number of hydrogen-bond acceptors (Lipinski definition) is 10. The SMILES string of the molecule is COc1cccc(Nc2ncnc(N3CCN(Cc4ccc5c(c4)OCO5)CC3)c2[N+](=O)[O-])c1. The third-order valence-electron chi connectivity index (χ3n) is 5.83. The lowest BCUT2D eigenvalue weighted by atomic mass is 10.1. The van der Waals surface area contributed by atoms with E-state index in [2.05, 4.69) is 20.2 Å². The van der Waals surface area contributed by atoms with Crippen LogP contribution >= 0.6 is 0 Å². The molecule has 2 aliphatic rings. The number of nitro groups is 1. The van der Waals surface area contributed by atoms with Crippen molar-refractivity contribution in [3.05, 3.63) is 64.5 Å². The summed E-state index contributed by atoms with van der Waals surface area (Å²) in [6.45, 7) is 3.73. The minimum atomic E-state index is -0.434. The molecule has 0 spiro atoms. The summed E-state index contributed by atoms with van der Waals surface area (Å²) in [7, 11) is 1.57. The van der Waals surface area contributed by atoms with E-state index >= 15 is 0 Å². The van der Waals surface area contributed by atoms with Crippen molar-refractivity contribution in [2.75, 3.05) is 50.3 Å². The Morgan fingerprint density at radius 3 is 2.71 bits per heavy atom. The van der Waals surface area contributed by atoms with Crippen LogP contribution in [0.4, 0.5) is 23.0 Å². The van der Waals surface area contributed by atoms with Gasteiger partial charge < -0.3 is 24.4 Å². The number of hydrogen-bond donors (Lipinski definition) is 1. The average molecular weight is 464 g/mol. The summed E-state index contributed by atoms with van der Waals surface area (Å²) < 4.78 is 16.1. The van der Waals surface area contributed by atoms with Crippen LogP contribution in [-0.2, 0) is 6.54 Å². The molecule has 1 aromatic heterocycles. The van der Waals surface area contributed by atoms with Gasteiger partial charge in [0.1, 0.15) is 12.1 Å². The van der Waals surface area contributed by atoms with Crippen LogP contribution < -0.4 is 24.4 Å². The highest BCUT2D eigenvalue weighted by atomic mass is 16.7. The molecule has 5 rings (SSSR count). The largest absolute Gasteiger partial charge is 0.497 e. The average Bonchev–Trinajstić information content (AvgIpc) is 3.32. The highest BCUT2D eigenvalue weighted by Gasteiger charge is 2.29. The first-order valence-electron chi connectivity index (χ1n) is 10.9. The molecule has 1 N–H and O–H groups in total. The first-order valence-corrected chi connectivity index (χ1v) is 10.9. The van der Waals surface area contributed by atoms with Crippen molar-refractivity contribution in [1.29, 1.82) is 0 Å². The van der Waals surface area contributed by atoms with Gasteiger partial charge in [-0.05, 0) is 29.8 Å². The molecule has 11 nitrogen and oxygen atoms in total. The zero-order chi connectivity index (χ0) is 23.5. The van der Waals surface area contributed by atoms with Crippen molar-refractivity contribution in [1.82, 2.24) is 14.9 Å². The summed E-state index contributed by atoms with van der Waals surface area (Å²) in [5, 5.41) is 15.0. The summed E-state index contributed by atoms with van der Waals surface area (Å²) in [5.41, 5.74) is 1.63. The molecule has 0 bridgehead atoms. The Kier molecular flexibility index (Phi) is 6.00. The molecule has 1 saturated heterocycles. The predicted molar refractivity (Wildman–Crippen MR) is 125 cm³/mol. The Hall–Kier alpha value is -4.12. The fourth-order valence-corrected chi connectivity index (χ4v) is 4.11. The number of piperazine rings is 1. The Balaban J connectivity index is 1.29. The first kappa shape index (κ1) is 21.7. The maximum atomic E-state index is 12.0. The lowest BCUT2D eigenvalue weighted by Crippen LogP contribution is -2.46. The van der Waals surface area contributed by atoms with E-state index in [0.717, 1.165) is 36.7 Å². The molecule has 0 atom stereocenters. The smallest absolute Gasteiger partial charge is 0.353 e. The minimum absolute atomic E-state index is 0.144. The van der Waals surface area contributed by atoms with Crippen LogP contribution in [0, 0.1) is 10.1 Å². The normalized spacial score (nSPS) is 15.3. The first-order chi connectivity index (χ1) is 16.6. The number of anilines is 3. The Bertz CT molecular complexity index is 1200. The van der Waals surface area contributed by atoms with Gasteiger partial charge in [-0.25, -0.2) is 9.97 Å². The zero-order valence-corrected chi connectivity index (χ0v) is 18.6. The lowest BCUT2D eigenvalue weighted by Gasteiger charge is -2.35. The second-order valence-corrected chi connectivity index (χ2v) is 7.96. The number of aromatic nitrogens is 2. The van der Waals surface area contributed by atoms with Crippen molar-refractivity contribution < 1.29 is 19.1 Å². The number of nitrogens with one attached hydrogen (secondary N) is 1. The molecule has 34 heavy (non-hydrogen) atoms. The lowest BCUT2D eigenvalue weighted by molar-refractivity contribution is -0.383. The highest BCUT2D eigenvalue weighted by Crippen LogP contribution is 2.35. The van der Waals surface area contributed by atoms with Crippen LogP contribution in [0.1, 0.15) is 5.56 Å². The fraction of sp³-hybridized carbons (Fsp3) is 0.304. The molecule has 0 unspecified atom stereocenters. The number of methoxy groups -OCH3 is 1. The molecular formula is C23H24N6O5. The van der Waals surface area contributed by atoms with E-state index in [9.17, 15) is 10.1 Å². The van der Waals surface area contributed by atoms with Crippen LogP contribution in [0.25, 0.3) is 0 Å². The van der Waals surface area contributed by atoms with Crippen LogP contribution in [-0.4, -0.2) is 59.9 Å². The summed E-state index contributed by atoms with van der Waals surface area (Å²) in [4.78, 5) is 24.2. The topological polar surface area (TPSA) is 115 Å². The van der Waals surface area contributed by atoms with Gasteiger partial charge in [0.2, 0.25) is 18.4 Å². The van der Waals surface area contributed by atoms with Crippen LogP contribution in [0.3, 0.4) is 0 Å². The van der Waals surface area contributed by atoms with Gasteiger partial charge in [-0.1, -0.05) is 12.1 Å². The zero-order valence-electron chi connectivity index (χ0n) is 18.6. The van der Waals surface area contributed by atoms with Gasteiger partial charge in [0.05, 0.1) is 12.0 Å². The van der Waals surface area contributed by atoms with Crippen molar-refractivity contribution >= 4 is 23.0 Å². The number of benzene rings is 2. The van der Waals surface area contributed by atoms with E-state index in [4.69, 9.17) is 14.2 Å². The van der Waals surface area contributed by atoms with Gasteiger partial charge in [0.15, 0.2) is 11.5 Å². The molecule has 3 heterocycles. The fourth-order valence-electron chi connectivity index (χ4n) is 4.11. The Morgan fingerprint density at radius 1 is 1.09 bits per heavy atom. The van der Waals surface area contributed by atoms with E-state index in [-0.39, 0.29) is 18.3 Å². The van der Waals surface area contributed by atoms with E-state index < -0.39 is 4.92 Å². The van der Waals surface area contributed by atoms with Crippen LogP contribution in [0.5, 0.6) is 17.2 Å². The number of nitrogens with zero attached hydrogens (tertiary/aromatic N) is 5. The van der Waals surface area contributed by atoms with Crippen molar-refractivity contribution in [2.45, 2.75) is 6.54 Å². The second-order valence-electron chi connectivity index (χ2n) is 7.96. The minimum Gasteiger partial charge on any atom is -0.497 e. The van der Waals surface area contributed by atoms with Crippen molar-refractivity contribution in [3.63, 3.8) is 0 Å². The molecule has 2 aliphatic heterocycles. The molecule has 176 valence electrons. The molecule has 1 fully saturated rings. The number of rotatable bonds is 7. The Morgan fingerprint density at radius 2 is 1.91 bits per heavy atom. The van der Waals surface area contributed by atoms with Crippen LogP contribution in [0.15, 0.2) is 48.8 Å². The molecule has 11 heteroatoms. The standard InChI is InChI=1S/C23H24N6O5/c1-32-18-4-2-3-17(12-18)26-22-21(29(30)31)23(25-14-24-22)28-9-7-27(8-10-28)13-16-5-6-19-20(11-16)34-15-33-19/h2-6,11-12,14H,7-10,13,15H2,1H3,(H,24,25,26).